The zero-order valence-electron chi connectivity index (χ0n) is 19.9. The molecule has 1 amide bonds. The van der Waals surface area contributed by atoms with Crippen LogP contribution >= 0.6 is 0 Å². The molecule has 6 nitrogen and oxygen atoms in total. The van der Waals surface area contributed by atoms with Crippen molar-refractivity contribution in [2.75, 3.05) is 11.5 Å². The first-order chi connectivity index (χ1) is 16.1. The van der Waals surface area contributed by atoms with E-state index in [2.05, 4.69) is 32.9 Å². The van der Waals surface area contributed by atoms with Crippen molar-refractivity contribution < 1.29 is 22.4 Å². The van der Waals surface area contributed by atoms with Crippen molar-refractivity contribution in [3.8, 4) is 5.75 Å². The lowest BCUT2D eigenvalue weighted by molar-refractivity contribution is 0.0666. The Labute approximate surface area is 201 Å². The Hall–Kier alpha value is -3.06. The zero-order chi connectivity index (χ0) is 24.3. The molecule has 0 saturated carbocycles. The first-order valence-corrected chi connectivity index (χ1v) is 13.3. The Bertz CT molecular complexity index is 1210. The van der Waals surface area contributed by atoms with Crippen molar-refractivity contribution in [1.29, 1.82) is 0 Å². The van der Waals surface area contributed by atoms with Crippen LogP contribution in [0.1, 0.15) is 54.4 Å². The van der Waals surface area contributed by atoms with Crippen LogP contribution in [0.15, 0.2) is 71.3 Å². The standard InChI is InChI=1S/C27H31NO5S/c1-27(2,3)22-10-12-24(13-11-22)33-18-20-6-8-21(9-7-20)26(29)28(17-25-5-4-15-32-25)23-14-16-34(30,31)19-23/h4-13,15,23H,14,16-19H2,1-3H3/t23-/m0/s1. The van der Waals surface area contributed by atoms with E-state index in [4.69, 9.17) is 9.15 Å². The minimum atomic E-state index is -3.13. The normalized spacial score (nSPS) is 17.4. The molecule has 2 aromatic carbocycles. The minimum Gasteiger partial charge on any atom is -0.489 e. The molecule has 1 aliphatic rings. The number of furan rings is 1. The first kappa shape index (κ1) is 24.1. The third-order valence-corrected chi connectivity index (χ3v) is 7.89. The molecule has 0 bridgehead atoms. The Morgan fingerprint density at radius 2 is 1.76 bits per heavy atom. The highest BCUT2D eigenvalue weighted by molar-refractivity contribution is 7.91. The number of sulfone groups is 1. The summed E-state index contributed by atoms with van der Waals surface area (Å²) in [6.45, 7) is 7.15. The van der Waals surface area contributed by atoms with Crippen LogP contribution in [0.2, 0.25) is 0 Å². The number of rotatable bonds is 7. The second-order valence-electron chi connectivity index (χ2n) is 9.83. The predicted molar refractivity (Wildman–Crippen MR) is 132 cm³/mol. The summed E-state index contributed by atoms with van der Waals surface area (Å²) in [5, 5.41) is 0. The van der Waals surface area contributed by atoms with Gasteiger partial charge in [-0.15, -0.1) is 0 Å². The van der Waals surface area contributed by atoms with Gasteiger partial charge in [0.25, 0.3) is 5.91 Å². The van der Waals surface area contributed by atoms with E-state index in [0.29, 0.717) is 24.4 Å². The molecule has 2 heterocycles. The SMILES string of the molecule is CC(C)(C)c1ccc(OCc2ccc(C(=O)N(Cc3ccco3)[C@H]3CCS(=O)(=O)C3)cc2)cc1. The van der Waals surface area contributed by atoms with Gasteiger partial charge < -0.3 is 14.1 Å². The quantitative estimate of drug-likeness (QED) is 0.475. The van der Waals surface area contributed by atoms with Crippen LogP contribution < -0.4 is 4.74 Å². The highest BCUT2D eigenvalue weighted by Crippen LogP contribution is 2.25. The van der Waals surface area contributed by atoms with E-state index in [9.17, 15) is 13.2 Å². The molecule has 1 aromatic heterocycles. The van der Waals surface area contributed by atoms with Crippen LogP contribution in [-0.4, -0.2) is 36.8 Å². The topological polar surface area (TPSA) is 76.8 Å². The van der Waals surface area contributed by atoms with Gasteiger partial charge in [0.15, 0.2) is 9.84 Å². The summed E-state index contributed by atoms with van der Waals surface area (Å²) in [5.41, 5.74) is 2.79. The maximum Gasteiger partial charge on any atom is 0.254 e. The van der Waals surface area contributed by atoms with Crippen LogP contribution in [0.5, 0.6) is 5.75 Å². The predicted octanol–water partition coefficient (Wildman–Crippen LogP) is 4.99. The highest BCUT2D eigenvalue weighted by atomic mass is 32.2. The summed E-state index contributed by atoms with van der Waals surface area (Å²) in [6.07, 6.45) is 1.99. The third kappa shape index (κ3) is 5.89. The van der Waals surface area contributed by atoms with Crippen molar-refractivity contribution in [3.05, 3.63) is 89.4 Å². The van der Waals surface area contributed by atoms with Crippen molar-refractivity contribution >= 4 is 15.7 Å². The summed E-state index contributed by atoms with van der Waals surface area (Å²) in [7, 11) is -3.13. The molecular weight excluding hydrogens is 450 g/mol. The van der Waals surface area contributed by atoms with Gasteiger partial charge in [-0.2, -0.15) is 0 Å². The van der Waals surface area contributed by atoms with Gasteiger partial charge in [0, 0.05) is 11.6 Å². The molecule has 0 unspecified atom stereocenters. The molecule has 0 spiro atoms. The number of carbonyl (C=O) groups is 1. The molecule has 34 heavy (non-hydrogen) atoms. The van der Waals surface area contributed by atoms with E-state index in [0.717, 1.165) is 11.3 Å². The molecule has 0 radical (unpaired) electrons. The van der Waals surface area contributed by atoms with Gasteiger partial charge in [-0.1, -0.05) is 45.0 Å². The Kier molecular flexibility index (Phi) is 6.84. The van der Waals surface area contributed by atoms with Crippen LogP contribution in [0.25, 0.3) is 0 Å². The van der Waals surface area contributed by atoms with Gasteiger partial charge in [0.1, 0.15) is 18.1 Å². The van der Waals surface area contributed by atoms with Crippen LogP contribution in [0.4, 0.5) is 0 Å². The van der Waals surface area contributed by atoms with Crippen LogP contribution in [0.3, 0.4) is 0 Å². The number of hydrogen-bond donors (Lipinski definition) is 0. The monoisotopic (exact) mass is 481 g/mol. The molecular formula is C27H31NO5S. The molecule has 0 aliphatic carbocycles. The lowest BCUT2D eigenvalue weighted by atomic mass is 9.87. The summed E-state index contributed by atoms with van der Waals surface area (Å²) >= 11 is 0. The number of ether oxygens (including phenoxy) is 1. The number of amides is 1. The highest BCUT2D eigenvalue weighted by Gasteiger charge is 2.35. The zero-order valence-corrected chi connectivity index (χ0v) is 20.7. The number of carbonyl (C=O) groups excluding carboxylic acids is 1. The van der Waals surface area contributed by atoms with Gasteiger partial charge in [-0.05, 0) is 59.4 Å². The maximum atomic E-state index is 13.3. The third-order valence-electron chi connectivity index (χ3n) is 6.14. The second kappa shape index (κ2) is 9.66. The lowest BCUT2D eigenvalue weighted by Gasteiger charge is -2.27. The van der Waals surface area contributed by atoms with Crippen molar-refractivity contribution in [3.63, 3.8) is 0 Å². The van der Waals surface area contributed by atoms with Gasteiger partial charge >= 0.3 is 0 Å². The van der Waals surface area contributed by atoms with Gasteiger partial charge in [-0.25, -0.2) is 8.42 Å². The molecule has 1 saturated heterocycles. The molecule has 7 heteroatoms. The maximum absolute atomic E-state index is 13.3. The minimum absolute atomic E-state index is 0.0145. The summed E-state index contributed by atoms with van der Waals surface area (Å²) in [4.78, 5) is 14.9. The second-order valence-corrected chi connectivity index (χ2v) is 12.1. The number of hydrogen-bond acceptors (Lipinski definition) is 5. The van der Waals surface area contributed by atoms with Crippen molar-refractivity contribution in [1.82, 2.24) is 4.90 Å². The van der Waals surface area contributed by atoms with Crippen LogP contribution in [0, 0.1) is 0 Å². The fraction of sp³-hybridized carbons (Fsp3) is 0.370. The van der Waals surface area contributed by atoms with E-state index in [1.807, 2.05) is 24.3 Å². The largest absolute Gasteiger partial charge is 0.489 e. The molecule has 4 rings (SSSR count). The fourth-order valence-corrected chi connectivity index (χ4v) is 5.82. The van der Waals surface area contributed by atoms with E-state index >= 15 is 0 Å². The Balaban J connectivity index is 1.43. The first-order valence-electron chi connectivity index (χ1n) is 11.5. The number of nitrogens with zero attached hydrogens (tertiary/aromatic N) is 1. The smallest absolute Gasteiger partial charge is 0.254 e. The Morgan fingerprint density at radius 1 is 1.06 bits per heavy atom. The van der Waals surface area contributed by atoms with Crippen molar-refractivity contribution in [2.24, 2.45) is 0 Å². The molecule has 180 valence electrons. The van der Waals surface area contributed by atoms with Gasteiger partial charge in [0.2, 0.25) is 0 Å². The fourth-order valence-electron chi connectivity index (χ4n) is 4.09. The molecule has 0 N–H and O–H groups in total. The Morgan fingerprint density at radius 3 is 2.32 bits per heavy atom. The van der Waals surface area contributed by atoms with Crippen molar-refractivity contribution in [2.45, 2.75) is 51.8 Å². The summed E-state index contributed by atoms with van der Waals surface area (Å²) in [5.74, 6) is 1.30. The van der Waals surface area contributed by atoms with E-state index < -0.39 is 9.84 Å². The summed E-state index contributed by atoms with van der Waals surface area (Å²) < 4.78 is 35.4. The van der Waals surface area contributed by atoms with E-state index in [-0.39, 0.29) is 35.4 Å². The lowest BCUT2D eigenvalue weighted by Crippen LogP contribution is -2.40. The van der Waals surface area contributed by atoms with Gasteiger partial charge in [-0.3, -0.25) is 4.79 Å². The number of benzene rings is 2. The van der Waals surface area contributed by atoms with E-state index in [1.54, 1.807) is 35.4 Å². The molecule has 1 atom stereocenters. The average Bonchev–Trinajstić information content (AvgIpc) is 3.44. The van der Waals surface area contributed by atoms with Crippen LogP contribution in [-0.2, 0) is 28.4 Å². The molecule has 1 aliphatic heterocycles. The average molecular weight is 482 g/mol. The molecule has 1 fully saturated rings. The van der Waals surface area contributed by atoms with E-state index in [1.165, 1.54) is 5.56 Å². The molecule has 3 aromatic rings. The summed E-state index contributed by atoms with van der Waals surface area (Å²) in [6, 6.07) is 18.6. The van der Waals surface area contributed by atoms with Gasteiger partial charge in [0.05, 0.1) is 24.3 Å².